The molecule has 1 aromatic rings. The highest BCUT2D eigenvalue weighted by molar-refractivity contribution is 5.94. The first kappa shape index (κ1) is 21.4. The first-order valence-electron chi connectivity index (χ1n) is 9.12. The summed E-state index contributed by atoms with van der Waals surface area (Å²) in [5.74, 6) is -2.65. The van der Waals surface area contributed by atoms with Crippen molar-refractivity contribution in [3.05, 3.63) is 18.2 Å². The van der Waals surface area contributed by atoms with Crippen LogP contribution in [0.5, 0.6) is 0 Å². The molecule has 4 unspecified atom stereocenters. The van der Waals surface area contributed by atoms with Gasteiger partial charge in [0.2, 0.25) is 17.7 Å². The molecule has 11 heteroatoms. The van der Waals surface area contributed by atoms with E-state index in [1.54, 1.807) is 0 Å². The van der Waals surface area contributed by atoms with Crippen LogP contribution in [0.3, 0.4) is 0 Å². The molecule has 0 radical (unpaired) electrons. The lowest BCUT2D eigenvalue weighted by Gasteiger charge is -2.22. The number of hydrogen-bond acceptors (Lipinski definition) is 6. The van der Waals surface area contributed by atoms with Crippen molar-refractivity contribution in [1.82, 2.24) is 31.2 Å². The summed E-state index contributed by atoms with van der Waals surface area (Å²) in [6.45, 7) is 3.60. The van der Waals surface area contributed by atoms with Crippen LogP contribution in [0.15, 0.2) is 12.5 Å². The van der Waals surface area contributed by atoms with E-state index in [9.17, 15) is 19.2 Å². The first-order chi connectivity index (χ1) is 13.3. The summed E-state index contributed by atoms with van der Waals surface area (Å²) in [7, 11) is 0. The number of H-pyrrole nitrogens is 1. The number of carbonyl (C=O) groups excluding carboxylic acids is 3. The van der Waals surface area contributed by atoms with E-state index in [2.05, 4.69) is 31.2 Å². The average Bonchev–Trinajstić information content (AvgIpc) is 3.34. The van der Waals surface area contributed by atoms with Gasteiger partial charge in [-0.3, -0.25) is 19.2 Å². The molecule has 28 heavy (non-hydrogen) atoms. The Morgan fingerprint density at radius 2 is 1.93 bits per heavy atom. The lowest BCUT2D eigenvalue weighted by atomic mass is 10.1. The molecule has 6 N–H and O–H groups in total. The molecule has 2 heterocycles. The van der Waals surface area contributed by atoms with Crippen LogP contribution >= 0.6 is 0 Å². The quantitative estimate of drug-likeness (QED) is 0.290. The van der Waals surface area contributed by atoms with E-state index < -0.39 is 35.9 Å². The van der Waals surface area contributed by atoms with Gasteiger partial charge in [0.1, 0.15) is 18.1 Å². The van der Waals surface area contributed by atoms with Gasteiger partial charge in [-0.05, 0) is 33.2 Å². The molecule has 0 bridgehead atoms. The van der Waals surface area contributed by atoms with E-state index in [-0.39, 0.29) is 18.4 Å². The van der Waals surface area contributed by atoms with Crippen molar-refractivity contribution in [3.63, 3.8) is 0 Å². The zero-order valence-corrected chi connectivity index (χ0v) is 15.8. The Labute approximate surface area is 162 Å². The number of nitrogens with zero attached hydrogens (tertiary/aromatic N) is 1. The van der Waals surface area contributed by atoms with E-state index in [1.165, 1.54) is 26.4 Å². The second-order valence-electron chi connectivity index (χ2n) is 6.79. The number of carbonyl (C=O) groups is 4. The van der Waals surface area contributed by atoms with Crippen LogP contribution in [0.4, 0.5) is 0 Å². The van der Waals surface area contributed by atoms with Gasteiger partial charge in [0.05, 0.1) is 12.4 Å². The van der Waals surface area contributed by atoms with Crippen molar-refractivity contribution in [2.75, 3.05) is 6.54 Å². The molecule has 3 amide bonds. The molecule has 11 nitrogen and oxygen atoms in total. The standard InChI is InChI=1S/C17H26N6O5/c1-9(21-15(25)12-4-3-5-19-12)14(24)23-13(6-11-7-18-8-20-11)16(26)22-10(2)17(27)28/h7-10,12-13,19H,3-6H2,1-2H3,(H,18,20)(H,21,25)(H,22,26)(H,23,24)(H,27,28). The summed E-state index contributed by atoms with van der Waals surface area (Å²) < 4.78 is 0. The number of aliphatic carboxylic acids is 1. The van der Waals surface area contributed by atoms with Crippen LogP contribution in [-0.4, -0.2) is 69.5 Å². The molecule has 2 rings (SSSR count). The molecule has 1 saturated heterocycles. The lowest BCUT2D eigenvalue weighted by Crippen LogP contribution is -2.56. The molecule has 0 saturated carbocycles. The van der Waals surface area contributed by atoms with Crippen LogP contribution in [0.1, 0.15) is 32.4 Å². The Morgan fingerprint density at radius 1 is 1.18 bits per heavy atom. The largest absolute Gasteiger partial charge is 0.480 e. The SMILES string of the molecule is CC(NC(=O)C(Cc1cnc[nH]1)NC(=O)C(C)NC(=O)C1CCCN1)C(=O)O. The monoisotopic (exact) mass is 394 g/mol. The van der Waals surface area contributed by atoms with Crippen molar-refractivity contribution < 1.29 is 24.3 Å². The van der Waals surface area contributed by atoms with Crippen LogP contribution in [0.25, 0.3) is 0 Å². The van der Waals surface area contributed by atoms with E-state index in [1.807, 2.05) is 0 Å². The fourth-order valence-electron chi connectivity index (χ4n) is 2.79. The summed E-state index contributed by atoms with van der Waals surface area (Å²) in [4.78, 5) is 54.8. The Bertz CT molecular complexity index is 701. The number of nitrogens with one attached hydrogen (secondary N) is 5. The lowest BCUT2D eigenvalue weighted by molar-refractivity contribution is -0.141. The third-order valence-corrected chi connectivity index (χ3v) is 4.47. The van der Waals surface area contributed by atoms with Crippen LogP contribution in [0, 0.1) is 0 Å². The highest BCUT2D eigenvalue weighted by Gasteiger charge is 2.29. The predicted octanol–water partition coefficient (Wildman–Crippen LogP) is -1.72. The van der Waals surface area contributed by atoms with Gasteiger partial charge in [0.25, 0.3) is 0 Å². The molecule has 1 aliphatic rings. The van der Waals surface area contributed by atoms with Gasteiger partial charge >= 0.3 is 5.97 Å². The Hall–Kier alpha value is -2.95. The number of carboxylic acids is 1. The van der Waals surface area contributed by atoms with Crippen LogP contribution < -0.4 is 21.3 Å². The normalized spacial score (nSPS) is 19.3. The summed E-state index contributed by atoms with van der Waals surface area (Å²) in [6.07, 6.45) is 4.63. The predicted molar refractivity (Wildman–Crippen MR) is 98.1 cm³/mol. The summed E-state index contributed by atoms with van der Waals surface area (Å²) in [5.41, 5.74) is 0.593. The Kier molecular flexibility index (Phi) is 7.50. The van der Waals surface area contributed by atoms with E-state index in [0.717, 1.165) is 13.0 Å². The Balaban J connectivity index is 1.98. The number of aromatic amines is 1. The summed E-state index contributed by atoms with van der Waals surface area (Å²) in [6, 6.07) is -3.32. The minimum absolute atomic E-state index is 0.0920. The fourth-order valence-corrected chi connectivity index (χ4v) is 2.79. The highest BCUT2D eigenvalue weighted by atomic mass is 16.4. The first-order valence-corrected chi connectivity index (χ1v) is 9.12. The van der Waals surface area contributed by atoms with Gasteiger partial charge < -0.3 is 31.4 Å². The van der Waals surface area contributed by atoms with Gasteiger partial charge in [-0.2, -0.15) is 0 Å². The highest BCUT2D eigenvalue weighted by Crippen LogP contribution is 2.05. The third-order valence-electron chi connectivity index (χ3n) is 4.47. The van der Waals surface area contributed by atoms with Crippen molar-refractivity contribution >= 4 is 23.7 Å². The molecule has 1 aromatic heterocycles. The number of hydrogen-bond donors (Lipinski definition) is 6. The number of amides is 3. The maximum atomic E-state index is 12.5. The molecule has 4 atom stereocenters. The number of aromatic nitrogens is 2. The fraction of sp³-hybridized carbons (Fsp3) is 0.588. The van der Waals surface area contributed by atoms with Crippen LogP contribution in [0.2, 0.25) is 0 Å². The van der Waals surface area contributed by atoms with Gasteiger partial charge in [-0.25, -0.2) is 4.98 Å². The maximum Gasteiger partial charge on any atom is 0.325 e. The molecule has 1 fully saturated rings. The van der Waals surface area contributed by atoms with Crippen molar-refractivity contribution in [2.45, 2.75) is 57.3 Å². The number of carboxylic acid groups (broad SMARTS) is 1. The maximum absolute atomic E-state index is 12.5. The van der Waals surface area contributed by atoms with Crippen LogP contribution in [-0.2, 0) is 25.6 Å². The molecule has 0 aromatic carbocycles. The molecule has 0 aliphatic carbocycles. The van der Waals surface area contributed by atoms with Crippen molar-refractivity contribution in [2.24, 2.45) is 0 Å². The summed E-state index contributed by atoms with van der Waals surface area (Å²) in [5, 5.41) is 19.5. The zero-order chi connectivity index (χ0) is 20.7. The minimum Gasteiger partial charge on any atom is -0.480 e. The third kappa shape index (κ3) is 6.05. The van der Waals surface area contributed by atoms with Crippen molar-refractivity contribution in [1.29, 1.82) is 0 Å². The number of imidazole rings is 1. The van der Waals surface area contributed by atoms with Gasteiger partial charge in [-0.1, -0.05) is 0 Å². The second-order valence-corrected chi connectivity index (χ2v) is 6.79. The Morgan fingerprint density at radius 3 is 2.50 bits per heavy atom. The minimum atomic E-state index is -1.19. The second kappa shape index (κ2) is 9.83. The van der Waals surface area contributed by atoms with E-state index in [4.69, 9.17) is 5.11 Å². The molecule has 0 spiro atoms. The van der Waals surface area contributed by atoms with Crippen molar-refractivity contribution in [3.8, 4) is 0 Å². The van der Waals surface area contributed by atoms with Gasteiger partial charge in [0.15, 0.2) is 0 Å². The summed E-state index contributed by atoms with van der Waals surface area (Å²) >= 11 is 0. The molecular weight excluding hydrogens is 368 g/mol. The van der Waals surface area contributed by atoms with E-state index >= 15 is 0 Å². The topological polar surface area (TPSA) is 165 Å². The van der Waals surface area contributed by atoms with Gasteiger partial charge in [-0.15, -0.1) is 0 Å². The molecular formula is C17H26N6O5. The smallest absolute Gasteiger partial charge is 0.325 e. The average molecular weight is 394 g/mol. The zero-order valence-electron chi connectivity index (χ0n) is 15.8. The molecule has 154 valence electrons. The van der Waals surface area contributed by atoms with E-state index in [0.29, 0.717) is 12.1 Å². The van der Waals surface area contributed by atoms with Gasteiger partial charge in [0, 0.05) is 18.3 Å². The number of rotatable bonds is 9. The molecule has 1 aliphatic heterocycles.